The van der Waals surface area contributed by atoms with Crippen molar-refractivity contribution >= 4 is 17.6 Å². The van der Waals surface area contributed by atoms with Gasteiger partial charge in [0.2, 0.25) is 0 Å². The third-order valence-corrected chi connectivity index (χ3v) is 10.2. The molecule has 3 aromatic rings. The number of nitrogens with one attached hydrogen (secondary N) is 1. The highest BCUT2D eigenvalue weighted by Crippen LogP contribution is 2.59. The first-order valence-electron chi connectivity index (χ1n) is 15.4. The van der Waals surface area contributed by atoms with Crippen molar-refractivity contribution in [1.29, 1.82) is 0 Å². The van der Waals surface area contributed by atoms with Gasteiger partial charge in [-0.25, -0.2) is 0 Å². The third-order valence-electron chi connectivity index (χ3n) is 10.2. The summed E-state index contributed by atoms with van der Waals surface area (Å²) in [4.78, 5) is 30.2. The molecular formula is C34H39N5O3. The number of piperazine rings is 1. The number of phenolic OH excluding ortho intramolecular Hbond substituents is 1. The molecule has 1 aliphatic heterocycles. The molecule has 8 heteroatoms. The summed E-state index contributed by atoms with van der Waals surface area (Å²) in [6.45, 7) is 5.21. The average Bonchev–Trinajstić information content (AvgIpc) is 2.99. The van der Waals surface area contributed by atoms with Crippen molar-refractivity contribution in [1.82, 2.24) is 20.4 Å². The molecule has 0 atom stereocenters. The van der Waals surface area contributed by atoms with Crippen LogP contribution in [-0.2, 0) is 0 Å². The van der Waals surface area contributed by atoms with Gasteiger partial charge >= 0.3 is 0 Å². The van der Waals surface area contributed by atoms with Crippen LogP contribution in [0.3, 0.4) is 0 Å². The maximum atomic E-state index is 13.3. The molecule has 2 N–H and O–H groups in total. The fourth-order valence-electron chi connectivity index (χ4n) is 8.60. The second kappa shape index (κ2) is 10.7. The molecule has 0 spiro atoms. The van der Waals surface area contributed by atoms with E-state index in [9.17, 15) is 14.7 Å². The smallest absolute Gasteiger partial charge is 0.271 e. The Bertz CT molecular complexity index is 1460. The molecule has 4 saturated carbocycles. The van der Waals surface area contributed by atoms with Gasteiger partial charge in [0.25, 0.3) is 11.8 Å². The molecule has 42 heavy (non-hydrogen) atoms. The van der Waals surface area contributed by atoms with E-state index in [1.54, 1.807) is 18.2 Å². The van der Waals surface area contributed by atoms with Crippen LogP contribution in [0.4, 0.5) is 5.82 Å². The Balaban J connectivity index is 0.927. The fourth-order valence-corrected chi connectivity index (χ4v) is 8.60. The zero-order valence-electron chi connectivity index (χ0n) is 24.3. The van der Waals surface area contributed by atoms with Gasteiger partial charge in [-0.1, -0.05) is 18.2 Å². The Kier molecular flexibility index (Phi) is 6.87. The van der Waals surface area contributed by atoms with Crippen LogP contribution in [0.1, 0.15) is 64.9 Å². The van der Waals surface area contributed by atoms with Crippen molar-refractivity contribution in [3.05, 3.63) is 71.4 Å². The molecule has 2 heterocycles. The summed E-state index contributed by atoms with van der Waals surface area (Å²) in [5.74, 6) is 3.42. The van der Waals surface area contributed by atoms with Gasteiger partial charge in [0.15, 0.2) is 11.5 Å². The molecule has 2 amide bonds. The number of phenols is 1. The zero-order chi connectivity index (χ0) is 28.8. The number of rotatable bonds is 6. The van der Waals surface area contributed by atoms with E-state index in [0.717, 1.165) is 46.8 Å². The normalized spacial score (nSPS) is 26.4. The molecule has 5 fully saturated rings. The van der Waals surface area contributed by atoms with Gasteiger partial charge in [-0.15, -0.1) is 10.2 Å². The lowest BCUT2D eigenvalue weighted by molar-refractivity contribution is -0.0503. The number of aromatic hydroxyl groups is 1. The molecule has 8 rings (SSSR count). The van der Waals surface area contributed by atoms with Crippen LogP contribution in [-0.4, -0.2) is 64.7 Å². The van der Waals surface area contributed by atoms with Crippen molar-refractivity contribution in [2.75, 3.05) is 37.6 Å². The van der Waals surface area contributed by atoms with Gasteiger partial charge in [0.05, 0.1) is 0 Å². The lowest BCUT2D eigenvalue weighted by atomic mass is 9.49. The predicted octanol–water partition coefficient (Wildman–Crippen LogP) is 5.07. The molecule has 8 nitrogen and oxygen atoms in total. The Morgan fingerprint density at radius 2 is 1.62 bits per heavy atom. The van der Waals surface area contributed by atoms with E-state index in [4.69, 9.17) is 0 Å². The zero-order valence-corrected chi connectivity index (χ0v) is 24.3. The molecule has 4 aliphatic carbocycles. The van der Waals surface area contributed by atoms with E-state index in [1.165, 1.54) is 38.5 Å². The van der Waals surface area contributed by atoms with E-state index in [-0.39, 0.29) is 17.6 Å². The Labute approximate surface area is 247 Å². The van der Waals surface area contributed by atoms with E-state index < -0.39 is 0 Å². The number of carbonyl (C=O) groups excluding carboxylic acids is 2. The van der Waals surface area contributed by atoms with Crippen LogP contribution in [0.5, 0.6) is 5.75 Å². The van der Waals surface area contributed by atoms with Crippen LogP contribution >= 0.6 is 0 Å². The lowest BCUT2D eigenvalue weighted by Crippen LogP contribution is -2.51. The molecule has 1 saturated heterocycles. The largest absolute Gasteiger partial charge is 0.508 e. The van der Waals surface area contributed by atoms with Crippen molar-refractivity contribution in [2.24, 2.45) is 23.2 Å². The summed E-state index contributed by atoms with van der Waals surface area (Å²) in [5, 5.41) is 21.7. The number of aromatic nitrogens is 2. The van der Waals surface area contributed by atoms with Gasteiger partial charge in [0.1, 0.15) is 5.75 Å². The first-order valence-corrected chi connectivity index (χ1v) is 15.4. The topological polar surface area (TPSA) is 98.7 Å². The number of hydrogen-bond acceptors (Lipinski definition) is 6. The van der Waals surface area contributed by atoms with E-state index in [2.05, 4.69) is 20.4 Å². The van der Waals surface area contributed by atoms with Crippen molar-refractivity contribution in [3.63, 3.8) is 0 Å². The molecular weight excluding hydrogens is 526 g/mol. The second-order valence-electron chi connectivity index (χ2n) is 13.2. The third kappa shape index (κ3) is 5.23. The molecule has 0 radical (unpaired) electrons. The fraction of sp³-hybridized carbons (Fsp3) is 0.471. The lowest BCUT2D eigenvalue weighted by Gasteiger charge is -2.56. The minimum absolute atomic E-state index is 0.0114. The minimum atomic E-state index is -0.134. The average molecular weight is 566 g/mol. The summed E-state index contributed by atoms with van der Waals surface area (Å²) in [7, 11) is 0. The van der Waals surface area contributed by atoms with Gasteiger partial charge in [-0.3, -0.25) is 9.59 Å². The minimum Gasteiger partial charge on any atom is -0.508 e. The molecule has 0 unspecified atom stereocenters. The highest BCUT2D eigenvalue weighted by atomic mass is 16.3. The highest BCUT2D eigenvalue weighted by molar-refractivity contribution is 5.95. The van der Waals surface area contributed by atoms with E-state index >= 15 is 0 Å². The number of amides is 2. The Morgan fingerprint density at radius 1 is 0.905 bits per heavy atom. The first kappa shape index (κ1) is 26.9. The molecule has 1 aromatic heterocycles. The number of anilines is 1. The van der Waals surface area contributed by atoms with Gasteiger partial charge in [-0.2, -0.15) is 0 Å². The predicted molar refractivity (Wildman–Crippen MR) is 161 cm³/mol. The van der Waals surface area contributed by atoms with Crippen molar-refractivity contribution in [3.8, 4) is 16.9 Å². The molecule has 218 valence electrons. The standard InChI is InChI=1S/C34H39N5O3/c1-22-13-27(5-6-29(22)26-3-2-4-28(40)17-26)33(42)39-11-9-38(10-12-39)31-8-7-30(36-37-31)32(41)35-21-34-18-23-14-24(19-34)16-25(15-23)20-34/h2-8,13,17,23-25,40H,9-12,14-16,18-21H2,1H3,(H,35,41). The molecule has 4 bridgehead atoms. The second-order valence-corrected chi connectivity index (χ2v) is 13.2. The number of aryl methyl sites for hydroxylation is 1. The van der Waals surface area contributed by atoms with Crippen LogP contribution in [0, 0.1) is 30.1 Å². The van der Waals surface area contributed by atoms with E-state index in [0.29, 0.717) is 42.9 Å². The Morgan fingerprint density at radius 3 is 2.24 bits per heavy atom. The summed E-state index contributed by atoms with van der Waals surface area (Å²) >= 11 is 0. The molecule has 5 aliphatic rings. The van der Waals surface area contributed by atoms with Crippen molar-refractivity contribution < 1.29 is 14.7 Å². The number of nitrogens with zero attached hydrogens (tertiary/aromatic N) is 4. The van der Waals surface area contributed by atoms with Crippen LogP contribution in [0.15, 0.2) is 54.6 Å². The number of carbonyl (C=O) groups is 2. The highest BCUT2D eigenvalue weighted by Gasteiger charge is 2.50. The summed E-state index contributed by atoms with van der Waals surface area (Å²) in [5.41, 5.74) is 4.22. The maximum Gasteiger partial charge on any atom is 0.271 e. The first-order chi connectivity index (χ1) is 20.3. The SMILES string of the molecule is Cc1cc(C(=O)N2CCN(c3ccc(C(=O)NCC45CC6CC(CC(C6)C4)C5)nn3)CC2)ccc1-c1cccc(O)c1. The van der Waals surface area contributed by atoms with Crippen LogP contribution < -0.4 is 10.2 Å². The monoisotopic (exact) mass is 565 g/mol. The maximum absolute atomic E-state index is 13.3. The number of hydrogen-bond donors (Lipinski definition) is 2. The van der Waals surface area contributed by atoms with Gasteiger partial charge in [0, 0.05) is 38.3 Å². The quantitative estimate of drug-likeness (QED) is 0.433. The van der Waals surface area contributed by atoms with Crippen molar-refractivity contribution in [2.45, 2.75) is 45.4 Å². The number of benzene rings is 2. The summed E-state index contributed by atoms with van der Waals surface area (Å²) in [6, 6.07) is 16.5. The van der Waals surface area contributed by atoms with Gasteiger partial charge < -0.3 is 20.2 Å². The summed E-state index contributed by atoms with van der Waals surface area (Å²) < 4.78 is 0. The van der Waals surface area contributed by atoms with Crippen LogP contribution in [0.25, 0.3) is 11.1 Å². The van der Waals surface area contributed by atoms with Crippen LogP contribution in [0.2, 0.25) is 0 Å². The Hall–Kier alpha value is -3.94. The summed E-state index contributed by atoms with van der Waals surface area (Å²) in [6.07, 6.45) is 8.00. The van der Waals surface area contributed by atoms with E-state index in [1.807, 2.05) is 48.2 Å². The molecule has 2 aromatic carbocycles. The van der Waals surface area contributed by atoms with Gasteiger partial charge in [-0.05, 0) is 122 Å².